The van der Waals surface area contributed by atoms with Gasteiger partial charge < -0.3 is 15.0 Å². The molecule has 2 rings (SSSR count). The molecule has 0 unspecified atom stereocenters. The number of nitrogen functional groups attached to an aromatic ring is 1. The maximum atomic E-state index is 14.1. The van der Waals surface area contributed by atoms with Gasteiger partial charge in [-0.2, -0.15) is 10.5 Å². The lowest BCUT2D eigenvalue weighted by atomic mass is 10.1. The van der Waals surface area contributed by atoms with Gasteiger partial charge in [-0.25, -0.2) is 9.18 Å². The molecule has 0 aliphatic heterocycles. The summed E-state index contributed by atoms with van der Waals surface area (Å²) in [6.07, 6.45) is 1.16. The summed E-state index contributed by atoms with van der Waals surface area (Å²) in [7, 11) is 1.11. The molecule has 23 heavy (non-hydrogen) atoms. The minimum atomic E-state index is -1.00. The molecule has 1 aromatic heterocycles. The van der Waals surface area contributed by atoms with E-state index in [4.69, 9.17) is 34.2 Å². The quantitative estimate of drug-likeness (QED) is 0.660. The van der Waals surface area contributed by atoms with Crippen molar-refractivity contribution >= 4 is 34.9 Å². The summed E-state index contributed by atoms with van der Waals surface area (Å²) in [4.78, 5) is 11.9. The number of nitrogens with zero attached hydrogens (tertiary/aromatic N) is 3. The van der Waals surface area contributed by atoms with Gasteiger partial charge in [0.15, 0.2) is 11.5 Å². The van der Waals surface area contributed by atoms with Crippen LogP contribution in [0.2, 0.25) is 10.0 Å². The Balaban J connectivity index is 2.95. The first-order valence-corrected chi connectivity index (χ1v) is 6.70. The van der Waals surface area contributed by atoms with E-state index in [0.29, 0.717) is 0 Å². The summed E-state index contributed by atoms with van der Waals surface area (Å²) >= 11 is 11.7. The van der Waals surface area contributed by atoms with E-state index in [0.717, 1.165) is 23.9 Å². The molecule has 9 heteroatoms. The Morgan fingerprint density at radius 1 is 1.35 bits per heavy atom. The molecule has 2 aromatic rings. The molecule has 0 radical (unpaired) electrons. The third-order valence-corrected chi connectivity index (χ3v) is 3.61. The average Bonchev–Trinajstić information content (AvgIpc) is 2.86. The van der Waals surface area contributed by atoms with Crippen LogP contribution in [-0.4, -0.2) is 17.6 Å². The number of ether oxygens (including phenoxy) is 1. The van der Waals surface area contributed by atoms with Crippen LogP contribution < -0.4 is 5.73 Å². The van der Waals surface area contributed by atoms with Crippen molar-refractivity contribution < 1.29 is 13.9 Å². The number of benzene rings is 1. The molecule has 0 fully saturated rings. The first-order valence-electron chi connectivity index (χ1n) is 5.94. The highest BCUT2D eigenvalue weighted by molar-refractivity contribution is 6.36. The number of anilines is 1. The Hall–Kier alpha value is -2.74. The molecule has 2 N–H and O–H groups in total. The van der Waals surface area contributed by atoms with Crippen LogP contribution in [0.15, 0.2) is 12.3 Å². The lowest BCUT2D eigenvalue weighted by molar-refractivity contribution is 0.0593. The van der Waals surface area contributed by atoms with Crippen LogP contribution in [-0.2, 0) is 4.74 Å². The number of methoxy groups -OCH3 is 1. The smallest absolute Gasteiger partial charge is 0.357 e. The first kappa shape index (κ1) is 16.6. The minimum absolute atomic E-state index is 0.0549. The van der Waals surface area contributed by atoms with Gasteiger partial charge in [-0.05, 0) is 6.07 Å². The largest absolute Gasteiger partial charge is 0.464 e. The number of esters is 1. The molecule has 6 nitrogen and oxygen atoms in total. The Morgan fingerprint density at radius 2 is 2.00 bits per heavy atom. The Kier molecular flexibility index (Phi) is 4.46. The Bertz CT molecular complexity index is 909. The second-order valence-corrected chi connectivity index (χ2v) is 5.08. The van der Waals surface area contributed by atoms with E-state index in [9.17, 15) is 14.4 Å². The number of nitriles is 2. The molecule has 0 saturated carbocycles. The fraction of sp³-hybridized carbons (Fsp3) is 0.0714. The number of halogens is 3. The first-order chi connectivity index (χ1) is 10.9. The lowest BCUT2D eigenvalue weighted by Crippen LogP contribution is -2.13. The van der Waals surface area contributed by atoms with Gasteiger partial charge >= 0.3 is 5.97 Å². The van der Waals surface area contributed by atoms with Gasteiger partial charge in [0.25, 0.3) is 0 Å². The van der Waals surface area contributed by atoms with E-state index in [2.05, 4.69) is 4.74 Å². The molecule has 0 aliphatic carbocycles. The molecule has 0 saturated heterocycles. The van der Waals surface area contributed by atoms with E-state index < -0.39 is 17.3 Å². The summed E-state index contributed by atoms with van der Waals surface area (Å²) in [6.45, 7) is 0. The SMILES string of the molecule is COC(=O)c1c(N)c(C#N)cn1-c1c(Cl)cc(Cl)c(F)c1C#N. The number of carbonyl (C=O) groups excluding carboxylic acids is 1. The van der Waals surface area contributed by atoms with Crippen LogP contribution in [0.5, 0.6) is 0 Å². The number of hydrogen-bond donors (Lipinski definition) is 1. The highest BCUT2D eigenvalue weighted by atomic mass is 35.5. The molecule has 116 valence electrons. The van der Waals surface area contributed by atoms with E-state index in [1.165, 1.54) is 0 Å². The van der Waals surface area contributed by atoms with Crippen molar-refractivity contribution in [2.75, 3.05) is 12.8 Å². The summed E-state index contributed by atoms with van der Waals surface area (Å²) in [6, 6.07) is 4.50. The van der Waals surface area contributed by atoms with Crippen molar-refractivity contribution in [2.24, 2.45) is 0 Å². The highest BCUT2D eigenvalue weighted by Gasteiger charge is 2.26. The van der Waals surface area contributed by atoms with E-state index in [1.54, 1.807) is 12.1 Å². The van der Waals surface area contributed by atoms with Crippen LogP contribution in [0, 0.1) is 28.5 Å². The molecule has 0 atom stereocenters. The zero-order valence-corrected chi connectivity index (χ0v) is 13.0. The van der Waals surface area contributed by atoms with E-state index in [-0.39, 0.29) is 32.7 Å². The molecule has 1 heterocycles. The van der Waals surface area contributed by atoms with Crippen molar-refractivity contribution in [3.05, 3.63) is 44.9 Å². The number of aromatic nitrogens is 1. The number of hydrogen-bond acceptors (Lipinski definition) is 5. The van der Waals surface area contributed by atoms with Crippen LogP contribution in [0.4, 0.5) is 10.1 Å². The second kappa shape index (κ2) is 6.17. The Morgan fingerprint density at radius 3 is 2.52 bits per heavy atom. The van der Waals surface area contributed by atoms with E-state index in [1.807, 2.05) is 0 Å². The fourth-order valence-corrected chi connectivity index (χ4v) is 2.57. The minimum Gasteiger partial charge on any atom is -0.464 e. The molecule has 0 bridgehead atoms. The predicted molar refractivity (Wildman–Crippen MR) is 80.9 cm³/mol. The molecule has 0 aliphatic rings. The number of carbonyl (C=O) groups is 1. The van der Waals surface area contributed by atoms with Gasteiger partial charge in [0.2, 0.25) is 0 Å². The predicted octanol–water partition coefficient (Wildman–Crippen LogP) is 3.04. The summed E-state index contributed by atoms with van der Waals surface area (Å²) in [5.74, 6) is -1.88. The molecular weight excluding hydrogens is 346 g/mol. The van der Waals surface area contributed by atoms with Gasteiger partial charge in [-0.3, -0.25) is 0 Å². The topological polar surface area (TPSA) is 105 Å². The van der Waals surface area contributed by atoms with Crippen molar-refractivity contribution in [3.63, 3.8) is 0 Å². The van der Waals surface area contributed by atoms with Crippen LogP contribution >= 0.6 is 23.2 Å². The Labute approximate surface area is 140 Å². The monoisotopic (exact) mass is 352 g/mol. The number of rotatable bonds is 2. The summed E-state index contributed by atoms with van der Waals surface area (Å²) in [5.41, 5.74) is 4.62. The third-order valence-electron chi connectivity index (χ3n) is 3.04. The van der Waals surface area contributed by atoms with Crippen molar-refractivity contribution in [2.45, 2.75) is 0 Å². The molecule has 0 amide bonds. The second-order valence-electron chi connectivity index (χ2n) is 4.27. The zero-order chi connectivity index (χ0) is 17.3. The normalized spacial score (nSPS) is 10.0. The van der Waals surface area contributed by atoms with E-state index >= 15 is 0 Å². The van der Waals surface area contributed by atoms with Crippen molar-refractivity contribution in [3.8, 4) is 17.8 Å². The maximum absolute atomic E-state index is 14.1. The molecular formula is C14H7Cl2FN4O2. The zero-order valence-electron chi connectivity index (χ0n) is 11.5. The standard InChI is InChI=1S/C14H7Cl2FN4O2/c1-23-14(22)13-11(20)6(3-18)5-21(13)12-7(4-19)10(17)8(15)2-9(12)16/h2,5H,20H2,1H3. The highest BCUT2D eigenvalue weighted by Crippen LogP contribution is 2.35. The average molecular weight is 353 g/mol. The van der Waals surface area contributed by atoms with Crippen molar-refractivity contribution in [1.29, 1.82) is 10.5 Å². The van der Waals surface area contributed by atoms with Gasteiger partial charge in [0.05, 0.1) is 34.1 Å². The number of nitrogens with two attached hydrogens (primary N) is 1. The van der Waals surface area contributed by atoms with Gasteiger partial charge in [0.1, 0.15) is 17.7 Å². The van der Waals surface area contributed by atoms with Crippen LogP contribution in [0.3, 0.4) is 0 Å². The third kappa shape index (κ3) is 2.57. The van der Waals surface area contributed by atoms with Crippen LogP contribution in [0.1, 0.15) is 21.6 Å². The summed E-state index contributed by atoms with van der Waals surface area (Å²) in [5, 5.41) is 17.8. The maximum Gasteiger partial charge on any atom is 0.357 e. The molecule has 0 spiro atoms. The van der Waals surface area contributed by atoms with Crippen molar-refractivity contribution in [1.82, 2.24) is 4.57 Å². The van der Waals surface area contributed by atoms with Gasteiger partial charge in [0, 0.05) is 6.20 Å². The van der Waals surface area contributed by atoms with Gasteiger partial charge in [-0.1, -0.05) is 23.2 Å². The lowest BCUT2D eigenvalue weighted by Gasteiger charge is -2.13. The fourth-order valence-electron chi connectivity index (χ4n) is 2.01. The summed E-state index contributed by atoms with van der Waals surface area (Å²) < 4.78 is 19.7. The molecule has 1 aromatic carbocycles. The van der Waals surface area contributed by atoms with Gasteiger partial charge in [-0.15, -0.1) is 0 Å². The van der Waals surface area contributed by atoms with Crippen LogP contribution in [0.25, 0.3) is 5.69 Å².